The van der Waals surface area contributed by atoms with Gasteiger partial charge in [-0.25, -0.2) is 4.79 Å². The number of hydrogen-bond acceptors (Lipinski definition) is 4. The fourth-order valence-corrected chi connectivity index (χ4v) is 1.79. The summed E-state index contributed by atoms with van der Waals surface area (Å²) < 4.78 is 5.22. The fourth-order valence-electron chi connectivity index (χ4n) is 1.17. The molecule has 1 N–H and O–H groups in total. The van der Waals surface area contributed by atoms with Gasteiger partial charge in [0.2, 0.25) is 0 Å². The van der Waals surface area contributed by atoms with E-state index in [9.17, 15) is 9.59 Å². The minimum absolute atomic E-state index is 0.00574. The first-order chi connectivity index (χ1) is 8.28. The van der Waals surface area contributed by atoms with E-state index < -0.39 is 11.6 Å². The largest absolute Gasteiger partial charge is 0.481 e. The predicted octanol–water partition coefficient (Wildman–Crippen LogP) is 2.82. The van der Waals surface area contributed by atoms with Gasteiger partial charge < -0.3 is 9.84 Å². The number of thioether (sulfide) groups is 1. The van der Waals surface area contributed by atoms with E-state index in [1.807, 2.05) is 20.8 Å². The summed E-state index contributed by atoms with van der Waals surface area (Å²) in [6.07, 6.45) is 0. The lowest BCUT2D eigenvalue weighted by atomic mass is 10.2. The molecule has 0 aromatic heterocycles. The van der Waals surface area contributed by atoms with E-state index >= 15 is 0 Å². The van der Waals surface area contributed by atoms with E-state index in [0.717, 1.165) is 4.90 Å². The van der Waals surface area contributed by atoms with Crippen molar-refractivity contribution in [2.45, 2.75) is 31.3 Å². The van der Waals surface area contributed by atoms with Crippen LogP contribution < -0.4 is 0 Å². The van der Waals surface area contributed by atoms with Gasteiger partial charge in [0.1, 0.15) is 5.60 Å². The van der Waals surface area contributed by atoms with E-state index in [4.69, 9.17) is 9.84 Å². The topological polar surface area (TPSA) is 63.6 Å². The number of hydrogen-bond donors (Lipinski definition) is 1. The normalized spacial score (nSPS) is 11.1. The maximum absolute atomic E-state index is 11.7. The number of carboxylic acids is 1. The van der Waals surface area contributed by atoms with Crippen LogP contribution in [0.2, 0.25) is 0 Å². The van der Waals surface area contributed by atoms with Crippen molar-refractivity contribution >= 4 is 23.7 Å². The van der Waals surface area contributed by atoms with E-state index in [1.165, 1.54) is 11.8 Å². The van der Waals surface area contributed by atoms with Crippen molar-refractivity contribution in [2.24, 2.45) is 0 Å². The predicted molar refractivity (Wildman–Crippen MR) is 70.0 cm³/mol. The number of benzene rings is 1. The van der Waals surface area contributed by atoms with Gasteiger partial charge in [-0.2, -0.15) is 0 Å². The molecule has 0 saturated heterocycles. The maximum atomic E-state index is 11.7. The van der Waals surface area contributed by atoms with Crippen molar-refractivity contribution in [3.8, 4) is 0 Å². The summed E-state index contributed by atoms with van der Waals surface area (Å²) in [5.74, 6) is -1.24. The third-order valence-corrected chi connectivity index (χ3v) is 2.85. The lowest BCUT2D eigenvalue weighted by Gasteiger charge is -2.19. The highest BCUT2D eigenvalue weighted by molar-refractivity contribution is 8.00. The van der Waals surface area contributed by atoms with Gasteiger partial charge >= 0.3 is 11.9 Å². The zero-order valence-electron chi connectivity index (χ0n) is 10.6. The van der Waals surface area contributed by atoms with Gasteiger partial charge in [0.05, 0.1) is 11.3 Å². The number of carboxylic acid groups (broad SMARTS) is 1. The SMILES string of the molecule is CC(C)(C)OC(=O)c1ccc(SCC(=O)O)cc1. The minimum Gasteiger partial charge on any atom is -0.481 e. The lowest BCUT2D eigenvalue weighted by molar-refractivity contribution is -0.133. The summed E-state index contributed by atoms with van der Waals surface area (Å²) >= 11 is 1.21. The summed E-state index contributed by atoms with van der Waals surface area (Å²) in [5, 5.41) is 8.55. The fraction of sp³-hybridized carbons (Fsp3) is 0.385. The standard InChI is InChI=1S/C13H16O4S/c1-13(2,3)17-12(16)9-4-6-10(7-5-9)18-8-11(14)15/h4-7H,8H2,1-3H3,(H,14,15). The molecule has 98 valence electrons. The zero-order chi connectivity index (χ0) is 13.8. The maximum Gasteiger partial charge on any atom is 0.338 e. The van der Waals surface area contributed by atoms with Crippen LogP contribution in [0.5, 0.6) is 0 Å². The molecule has 0 fully saturated rings. The first-order valence-electron chi connectivity index (χ1n) is 5.46. The van der Waals surface area contributed by atoms with E-state index in [2.05, 4.69) is 0 Å². The molecule has 0 saturated carbocycles. The first kappa shape index (κ1) is 14.6. The number of ether oxygens (including phenoxy) is 1. The Kier molecular flexibility index (Phi) is 4.78. The van der Waals surface area contributed by atoms with Crippen LogP contribution in [0.1, 0.15) is 31.1 Å². The van der Waals surface area contributed by atoms with Crippen LogP contribution in [0.15, 0.2) is 29.2 Å². The Labute approximate surface area is 110 Å². The molecule has 4 nitrogen and oxygen atoms in total. The van der Waals surface area contributed by atoms with Crippen LogP contribution in [-0.2, 0) is 9.53 Å². The second-order valence-electron chi connectivity index (χ2n) is 4.71. The molecular weight excluding hydrogens is 252 g/mol. The van der Waals surface area contributed by atoms with E-state index in [1.54, 1.807) is 24.3 Å². The van der Waals surface area contributed by atoms with Gasteiger partial charge in [-0.1, -0.05) is 0 Å². The van der Waals surface area contributed by atoms with Crippen LogP contribution in [-0.4, -0.2) is 28.4 Å². The molecule has 0 amide bonds. The molecule has 0 spiro atoms. The average Bonchev–Trinajstić information content (AvgIpc) is 2.24. The highest BCUT2D eigenvalue weighted by Crippen LogP contribution is 2.19. The smallest absolute Gasteiger partial charge is 0.338 e. The molecule has 1 aromatic rings. The van der Waals surface area contributed by atoms with Crippen molar-refractivity contribution in [3.63, 3.8) is 0 Å². The van der Waals surface area contributed by atoms with Gasteiger partial charge in [0.15, 0.2) is 0 Å². The third-order valence-electron chi connectivity index (χ3n) is 1.85. The summed E-state index contributed by atoms with van der Waals surface area (Å²) in [6.45, 7) is 5.42. The number of carbonyl (C=O) groups is 2. The second-order valence-corrected chi connectivity index (χ2v) is 5.76. The Morgan fingerprint density at radius 2 is 1.78 bits per heavy atom. The van der Waals surface area contributed by atoms with Crippen LogP contribution >= 0.6 is 11.8 Å². The summed E-state index contributed by atoms with van der Waals surface area (Å²) in [7, 11) is 0. The molecule has 0 atom stereocenters. The molecule has 0 heterocycles. The minimum atomic E-state index is -0.865. The van der Waals surface area contributed by atoms with Crippen LogP contribution in [0, 0.1) is 0 Å². The first-order valence-corrected chi connectivity index (χ1v) is 6.44. The number of aliphatic carboxylic acids is 1. The quantitative estimate of drug-likeness (QED) is 0.672. The van der Waals surface area contributed by atoms with E-state index in [0.29, 0.717) is 5.56 Å². The van der Waals surface area contributed by atoms with Gasteiger partial charge in [0, 0.05) is 4.90 Å². The summed E-state index contributed by atoms with van der Waals surface area (Å²) in [4.78, 5) is 22.9. The number of carbonyl (C=O) groups excluding carboxylic acids is 1. The Morgan fingerprint density at radius 1 is 1.22 bits per heavy atom. The van der Waals surface area contributed by atoms with Crippen molar-refractivity contribution in [1.82, 2.24) is 0 Å². The molecule has 0 aliphatic carbocycles. The van der Waals surface area contributed by atoms with Gasteiger partial charge in [-0.05, 0) is 45.0 Å². The summed E-state index contributed by atoms with van der Waals surface area (Å²) in [6, 6.07) is 6.70. The molecule has 0 aliphatic rings. The Hall–Kier alpha value is -1.49. The van der Waals surface area contributed by atoms with Gasteiger partial charge in [-0.15, -0.1) is 11.8 Å². The highest BCUT2D eigenvalue weighted by atomic mass is 32.2. The van der Waals surface area contributed by atoms with Gasteiger partial charge in [0.25, 0.3) is 0 Å². The zero-order valence-corrected chi connectivity index (χ0v) is 11.4. The van der Waals surface area contributed by atoms with Crippen LogP contribution in [0.25, 0.3) is 0 Å². The number of esters is 1. The molecule has 1 aromatic carbocycles. The average molecular weight is 268 g/mol. The molecule has 0 bridgehead atoms. The summed E-state index contributed by atoms with van der Waals surface area (Å²) in [5.41, 5.74) is -0.0574. The Balaban J connectivity index is 2.65. The Morgan fingerprint density at radius 3 is 2.22 bits per heavy atom. The molecule has 5 heteroatoms. The van der Waals surface area contributed by atoms with Crippen molar-refractivity contribution in [2.75, 3.05) is 5.75 Å². The molecule has 18 heavy (non-hydrogen) atoms. The van der Waals surface area contributed by atoms with Crippen LogP contribution in [0.3, 0.4) is 0 Å². The molecule has 1 rings (SSSR count). The van der Waals surface area contributed by atoms with Crippen molar-refractivity contribution in [1.29, 1.82) is 0 Å². The lowest BCUT2D eigenvalue weighted by Crippen LogP contribution is -2.23. The van der Waals surface area contributed by atoms with Crippen LogP contribution in [0.4, 0.5) is 0 Å². The van der Waals surface area contributed by atoms with Gasteiger partial charge in [-0.3, -0.25) is 4.79 Å². The molecule has 0 radical (unpaired) electrons. The molecule has 0 aliphatic heterocycles. The molecular formula is C13H16O4S. The van der Waals surface area contributed by atoms with E-state index in [-0.39, 0.29) is 11.7 Å². The monoisotopic (exact) mass is 268 g/mol. The third kappa shape index (κ3) is 5.23. The molecule has 0 unspecified atom stereocenters. The number of rotatable bonds is 4. The second kappa shape index (κ2) is 5.91. The van der Waals surface area contributed by atoms with Crippen molar-refractivity contribution in [3.05, 3.63) is 29.8 Å². The van der Waals surface area contributed by atoms with Crippen molar-refractivity contribution < 1.29 is 19.4 Å². The highest BCUT2D eigenvalue weighted by Gasteiger charge is 2.17. The Bertz CT molecular complexity index is 431.